The maximum atomic E-state index is 10.8. The number of aromatic nitrogens is 2. The number of hydrogen-bond donors (Lipinski definition) is 2. The molecule has 1 aromatic carbocycles. The molecule has 6 heteroatoms. The molecule has 0 radical (unpaired) electrons. The van der Waals surface area contributed by atoms with E-state index < -0.39 is 5.97 Å². The van der Waals surface area contributed by atoms with E-state index in [0.29, 0.717) is 18.4 Å². The molecule has 0 aliphatic heterocycles. The Kier molecular flexibility index (Phi) is 4.49. The second kappa shape index (κ2) is 6.51. The second-order valence-electron chi connectivity index (χ2n) is 4.12. The maximum Gasteiger partial charge on any atom is 0.307 e. The SMILES string of the molecule is COc1ccnc(NCc2ccccc2CC(=O)O)n1. The normalized spacial score (nSPS) is 10.1. The molecule has 2 N–H and O–H groups in total. The number of aliphatic carboxylic acids is 1. The first-order chi connectivity index (χ1) is 9.69. The number of carbonyl (C=O) groups is 1. The van der Waals surface area contributed by atoms with Crippen LogP contribution in [0.2, 0.25) is 0 Å². The fraction of sp³-hybridized carbons (Fsp3) is 0.214. The van der Waals surface area contributed by atoms with Crippen molar-refractivity contribution in [1.82, 2.24) is 9.97 Å². The molecular weight excluding hydrogens is 258 g/mol. The van der Waals surface area contributed by atoms with Crippen LogP contribution in [0.1, 0.15) is 11.1 Å². The molecule has 20 heavy (non-hydrogen) atoms. The Morgan fingerprint density at radius 1 is 1.30 bits per heavy atom. The molecule has 0 saturated carbocycles. The summed E-state index contributed by atoms with van der Waals surface area (Å²) in [6, 6.07) is 9.03. The lowest BCUT2D eigenvalue weighted by atomic mass is 10.0. The Bertz CT molecular complexity index is 602. The highest BCUT2D eigenvalue weighted by atomic mass is 16.5. The quantitative estimate of drug-likeness (QED) is 0.833. The molecule has 0 unspecified atom stereocenters. The number of carboxylic acid groups (broad SMARTS) is 1. The maximum absolute atomic E-state index is 10.8. The monoisotopic (exact) mass is 273 g/mol. The van der Waals surface area contributed by atoms with E-state index in [1.54, 1.807) is 18.3 Å². The lowest BCUT2D eigenvalue weighted by molar-refractivity contribution is -0.136. The third kappa shape index (κ3) is 3.68. The minimum absolute atomic E-state index is 0.00315. The smallest absolute Gasteiger partial charge is 0.307 e. The number of rotatable bonds is 6. The van der Waals surface area contributed by atoms with Gasteiger partial charge in [0.15, 0.2) is 0 Å². The molecule has 1 aromatic heterocycles. The van der Waals surface area contributed by atoms with Gasteiger partial charge in [-0.05, 0) is 11.1 Å². The minimum atomic E-state index is -0.852. The van der Waals surface area contributed by atoms with Crippen molar-refractivity contribution in [3.63, 3.8) is 0 Å². The van der Waals surface area contributed by atoms with Gasteiger partial charge in [0, 0.05) is 18.8 Å². The second-order valence-corrected chi connectivity index (χ2v) is 4.12. The van der Waals surface area contributed by atoms with Crippen LogP contribution in [0.4, 0.5) is 5.95 Å². The van der Waals surface area contributed by atoms with E-state index in [1.807, 2.05) is 18.2 Å². The predicted molar refractivity (Wildman–Crippen MR) is 73.7 cm³/mol. The highest BCUT2D eigenvalue weighted by Gasteiger charge is 2.06. The lowest BCUT2D eigenvalue weighted by Crippen LogP contribution is -2.08. The van der Waals surface area contributed by atoms with Gasteiger partial charge in [-0.15, -0.1) is 0 Å². The van der Waals surface area contributed by atoms with Gasteiger partial charge in [-0.25, -0.2) is 4.98 Å². The zero-order chi connectivity index (χ0) is 14.4. The molecule has 2 rings (SSSR count). The standard InChI is InChI=1S/C14H15N3O3/c1-20-12-6-7-15-14(17-12)16-9-11-5-3-2-4-10(11)8-13(18)19/h2-7H,8-9H2,1H3,(H,18,19)(H,15,16,17). The van der Waals surface area contributed by atoms with Gasteiger partial charge < -0.3 is 15.2 Å². The number of anilines is 1. The fourth-order valence-electron chi connectivity index (χ4n) is 1.78. The Morgan fingerprint density at radius 3 is 2.75 bits per heavy atom. The molecule has 0 atom stereocenters. The van der Waals surface area contributed by atoms with Crippen LogP contribution in [-0.2, 0) is 17.8 Å². The predicted octanol–water partition coefficient (Wildman–Crippen LogP) is 1.72. The topological polar surface area (TPSA) is 84.3 Å². The summed E-state index contributed by atoms with van der Waals surface area (Å²) < 4.78 is 5.01. The number of benzene rings is 1. The van der Waals surface area contributed by atoms with Crippen molar-refractivity contribution in [2.45, 2.75) is 13.0 Å². The summed E-state index contributed by atoms with van der Waals surface area (Å²) >= 11 is 0. The molecule has 0 aliphatic carbocycles. The van der Waals surface area contributed by atoms with E-state index in [2.05, 4.69) is 15.3 Å². The van der Waals surface area contributed by atoms with Crippen molar-refractivity contribution in [3.05, 3.63) is 47.7 Å². The zero-order valence-corrected chi connectivity index (χ0v) is 11.0. The van der Waals surface area contributed by atoms with Gasteiger partial charge in [-0.1, -0.05) is 24.3 Å². The summed E-state index contributed by atoms with van der Waals surface area (Å²) in [6.07, 6.45) is 1.59. The van der Waals surface area contributed by atoms with Crippen LogP contribution < -0.4 is 10.1 Å². The molecule has 1 heterocycles. The van der Waals surface area contributed by atoms with Gasteiger partial charge in [0.05, 0.1) is 13.5 Å². The van der Waals surface area contributed by atoms with Crippen LogP contribution >= 0.6 is 0 Å². The summed E-state index contributed by atoms with van der Waals surface area (Å²) in [6.45, 7) is 0.455. The first kappa shape index (κ1) is 13.8. The molecule has 0 spiro atoms. The van der Waals surface area contributed by atoms with E-state index in [-0.39, 0.29) is 6.42 Å². The molecule has 2 aromatic rings. The summed E-state index contributed by atoms with van der Waals surface area (Å²) in [4.78, 5) is 19.0. The van der Waals surface area contributed by atoms with Crippen LogP contribution in [0.3, 0.4) is 0 Å². The van der Waals surface area contributed by atoms with Crippen LogP contribution in [0.15, 0.2) is 36.5 Å². The number of nitrogens with zero attached hydrogens (tertiary/aromatic N) is 2. The Labute approximate surface area is 116 Å². The largest absolute Gasteiger partial charge is 0.481 e. The van der Waals surface area contributed by atoms with Crippen LogP contribution in [-0.4, -0.2) is 28.2 Å². The van der Waals surface area contributed by atoms with E-state index in [4.69, 9.17) is 9.84 Å². The van der Waals surface area contributed by atoms with Crippen molar-refractivity contribution in [1.29, 1.82) is 0 Å². The van der Waals surface area contributed by atoms with Gasteiger partial charge in [0.25, 0.3) is 0 Å². The number of nitrogens with one attached hydrogen (secondary N) is 1. The van der Waals surface area contributed by atoms with E-state index in [0.717, 1.165) is 11.1 Å². The highest BCUT2D eigenvalue weighted by Crippen LogP contribution is 2.13. The average Bonchev–Trinajstić information content (AvgIpc) is 2.46. The minimum Gasteiger partial charge on any atom is -0.481 e. The van der Waals surface area contributed by atoms with Crippen LogP contribution in [0.5, 0.6) is 5.88 Å². The molecule has 0 bridgehead atoms. The molecule has 0 aliphatic rings. The summed E-state index contributed by atoms with van der Waals surface area (Å²) in [5.74, 6) is 0.0610. The first-order valence-electron chi connectivity index (χ1n) is 6.08. The molecule has 104 valence electrons. The Balaban J connectivity index is 2.08. The zero-order valence-electron chi connectivity index (χ0n) is 11.0. The number of methoxy groups -OCH3 is 1. The van der Waals surface area contributed by atoms with Crippen molar-refractivity contribution in [2.75, 3.05) is 12.4 Å². The lowest BCUT2D eigenvalue weighted by Gasteiger charge is -2.09. The number of hydrogen-bond acceptors (Lipinski definition) is 5. The van der Waals surface area contributed by atoms with Crippen molar-refractivity contribution in [2.24, 2.45) is 0 Å². The van der Waals surface area contributed by atoms with Crippen LogP contribution in [0, 0.1) is 0 Å². The van der Waals surface area contributed by atoms with Gasteiger partial charge in [-0.3, -0.25) is 4.79 Å². The number of ether oxygens (including phenoxy) is 1. The van der Waals surface area contributed by atoms with Crippen molar-refractivity contribution >= 4 is 11.9 Å². The fourth-order valence-corrected chi connectivity index (χ4v) is 1.78. The Hall–Kier alpha value is -2.63. The summed E-state index contributed by atoms with van der Waals surface area (Å²) in [5, 5.41) is 11.9. The Morgan fingerprint density at radius 2 is 2.05 bits per heavy atom. The molecule has 0 fully saturated rings. The molecule has 0 saturated heterocycles. The summed E-state index contributed by atoms with van der Waals surface area (Å²) in [7, 11) is 1.54. The summed E-state index contributed by atoms with van der Waals surface area (Å²) in [5.41, 5.74) is 1.68. The van der Waals surface area contributed by atoms with Gasteiger partial charge >= 0.3 is 5.97 Å². The highest BCUT2D eigenvalue weighted by molar-refractivity contribution is 5.70. The first-order valence-corrected chi connectivity index (χ1v) is 6.08. The average molecular weight is 273 g/mol. The van der Waals surface area contributed by atoms with Gasteiger partial charge in [0.1, 0.15) is 0 Å². The third-order valence-electron chi connectivity index (χ3n) is 2.74. The molecule has 6 nitrogen and oxygen atoms in total. The molecular formula is C14H15N3O3. The van der Waals surface area contributed by atoms with Gasteiger partial charge in [0.2, 0.25) is 11.8 Å². The van der Waals surface area contributed by atoms with E-state index in [1.165, 1.54) is 7.11 Å². The van der Waals surface area contributed by atoms with Gasteiger partial charge in [-0.2, -0.15) is 4.98 Å². The van der Waals surface area contributed by atoms with Crippen LogP contribution in [0.25, 0.3) is 0 Å². The number of carboxylic acids is 1. The molecule has 0 amide bonds. The third-order valence-corrected chi connectivity index (χ3v) is 2.74. The van der Waals surface area contributed by atoms with Crippen molar-refractivity contribution in [3.8, 4) is 5.88 Å². The van der Waals surface area contributed by atoms with E-state index in [9.17, 15) is 4.79 Å². The van der Waals surface area contributed by atoms with E-state index >= 15 is 0 Å². The van der Waals surface area contributed by atoms with Crippen molar-refractivity contribution < 1.29 is 14.6 Å².